The number of aromatic nitrogens is 3. The molecule has 2 aromatic heterocycles. The number of thiazole rings is 1. The third-order valence-electron chi connectivity index (χ3n) is 4.16. The molecule has 0 unspecified atom stereocenters. The Morgan fingerprint density at radius 1 is 1.39 bits per heavy atom. The molecular formula is C16H23N5OS. The Balaban J connectivity index is 1.59. The third kappa shape index (κ3) is 4.17. The summed E-state index contributed by atoms with van der Waals surface area (Å²) in [6.45, 7) is 6.47. The van der Waals surface area contributed by atoms with Gasteiger partial charge in [-0.1, -0.05) is 0 Å². The monoisotopic (exact) mass is 333 g/mol. The van der Waals surface area contributed by atoms with Crippen LogP contribution in [-0.2, 0) is 13.0 Å². The quantitative estimate of drug-likeness (QED) is 0.781. The highest BCUT2D eigenvalue weighted by atomic mass is 32.1. The first-order valence-corrected chi connectivity index (χ1v) is 8.89. The summed E-state index contributed by atoms with van der Waals surface area (Å²) in [6, 6.07) is 1.93. The van der Waals surface area contributed by atoms with Crippen molar-refractivity contribution in [2.24, 2.45) is 5.92 Å². The van der Waals surface area contributed by atoms with Crippen LogP contribution in [0.5, 0.6) is 0 Å². The average Bonchev–Trinajstić information content (AvgIpc) is 3.12. The van der Waals surface area contributed by atoms with Crippen LogP contribution in [0.15, 0.2) is 6.07 Å². The number of nitrogens with one attached hydrogen (secondary N) is 3. The second-order valence-electron chi connectivity index (χ2n) is 6.14. The summed E-state index contributed by atoms with van der Waals surface area (Å²) in [5.41, 5.74) is 2.66. The summed E-state index contributed by atoms with van der Waals surface area (Å²) in [5, 5.41) is 14.4. The highest BCUT2D eigenvalue weighted by Crippen LogP contribution is 2.24. The highest BCUT2D eigenvalue weighted by Gasteiger charge is 2.19. The number of hydrogen-bond donors (Lipinski definition) is 3. The zero-order valence-electron chi connectivity index (χ0n) is 13.6. The standard InChI is InChI=1S/C16H23N5OS/c1-10-7-13(21-20-10)9-18-16(22)15-11(2)19-14(23-15)8-12-3-5-17-6-4-12/h7,12,17H,3-6,8-9H2,1-2H3,(H,18,22)(H,20,21). The molecule has 23 heavy (non-hydrogen) atoms. The van der Waals surface area contributed by atoms with E-state index < -0.39 is 0 Å². The summed E-state index contributed by atoms with van der Waals surface area (Å²) < 4.78 is 0. The van der Waals surface area contributed by atoms with E-state index in [0.717, 1.165) is 46.5 Å². The SMILES string of the molecule is Cc1cc(CNC(=O)c2sc(CC3CCNCC3)nc2C)n[nH]1. The first-order chi connectivity index (χ1) is 11.1. The minimum Gasteiger partial charge on any atom is -0.346 e. The van der Waals surface area contributed by atoms with Crippen molar-refractivity contribution in [3.05, 3.63) is 33.0 Å². The number of nitrogens with zero attached hydrogens (tertiary/aromatic N) is 2. The Bertz CT molecular complexity index is 672. The van der Waals surface area contributed by atoms with E-state index in [1.54, 1.807) is 0 Å². The van der Waals surface area contributed by atoms with Gasteiger partial charge in [0.05, 0.1) is 22.9 Å². The van der Waals surface area contributed by atoms with Crippen molar-refractivity contribution in [3.63, 3.8) is 0 Å². The fourth-order valence-electron chi connectivity index (χ4n) is 2.90. The van der Waals surface area contributed by atoms with E-state index in [4.69, 9.17) is 0 Å². The van der Waals surface area contributed by atoms with E-state index in [-0.39, 0.29) is 5.91 Å². The number of hydrogen-bond acceptors (Lipinski definition) is 5. The highest BCUT2D eigenvalue weighted by molar-refractivity contribution is 7.13. The fraction of sp³-hybridized carbons (Fsp3) is 0.562. The lowest BCUT2D eigenvalue weighted by Gasteiger charge is -2.21. The Morgan fingerprint density at radius 2 is 2.17 bits per heavy atom. The maximum absolute atomic E-state index is 12.4. The van der Waals surface area contributed by atoms with Crippen LogP contribution in [0.3, 0.4) is 0 Å². The van der Waals surface area contributed by atoms with Crippen molar-refractivity contribution in [3.8, 4) is 0 Å². The molecule has 1 saturated heterocycles. The summed E-state index contributed by atoms with van der Waals surface area (Å²) in [6.07, 6.45) is 3.37. The molecule has 6 nitrogen and oxygen atoms in total. The lowest BCUT2D eigenvalue weighted by atomic mass is 9.95. The van der Waals surface area contributed by atoms with Crippen LogP contribution >= 0.6 is 11.3 Å². The van der Waals surface area contributed by atoms with Gasteiger partial charge >= 0.3 is 0 Å². The number of amides is 1. The molecule has 3 heterocycles. The third-order valence-corrected chi connectivity index (χ3v) is 5.34. The maximum atomic E-state index is 12.4. The van der Waals surface area contributed by atoms with Crippen LogP contribution < -0.4 is 10.6 Å². The molecule has 1 fully saturated rings. The van der Waals surface area contributed by atoms with E-state index in [1.165, 1.54) is 24.2 Å². The van der Waals surface area contributed by atoms with Gasteiger partial charge in [0.1, 0.15) is 4.88 Å². The van der Waals surface area contributed by atoms with Gasteiger partial charge in [0, 0.05) is 12.1 Å². The van der Waals surface area contributed by atoms with E-state index in [2.05, 4.69) is 25.8 Å². The largest absolute Gasteiger partial charge is 0.346 e. The minimum absolute atomic E-state index is 0.0581. The van der Waals surface area contributed by atoms with E-state index >= 15 is 0 Å². The molecular weight excluding hydrogens is 310 g/mol. The molecule has 0 atom stereocenters. The first kappa shape index (κ1) is 16.1. The number of carbonyl (C=O) groups excluding carboxylic acids is 1. The predicted octanol–water partition coefficient (Wildman–Crippen LogP) is 1.96. The van der Waals surface area contributed by atoms with Gasteiger partial charge in [-0.2, -0.15) is 5.10 Å². The predicted molar refractivity (Wildman–Crippen MR) is 90.6 cm³/mol. The molecule has 0 radical (unpaired) electrons. The second kappa shape index (κ2) is 7.23. The number of carbonyl (C=O) groups is 1. The van der Waals surface area contributed by atoms with Gasteiger partial charge in [0.25, 0.3) is 5.91 Å². The molecule has 1 aliphatic heterocycles. The van der Waals surface area contributed by atoms with Gasteiger partial charge in [0.2, 0.25) is 0 Å². The molecule has 7 heteroatoms. The fourth-order valence-corrected chi connectivity index (χ4v) is 3.99. The Kier molecular flexibility index (Phi) is 5.07. The topological polar surface area (TPSA) is 82.7 Å². The van der Waals surface area contributed by atoms with Crippen LogP contribution in [0.4, 0.5) is 0 Å². The van der Waals surface area contributed by atoms with Crippen molar-refractivity contribution in [1.82, 2.24) is 25.8 Å². The maximum Gasteiger partial charge on any atom is 0.263 e. The van der Waals surface area contributed by atoms with Gasteiger partial charge in [-0.15, -0.1) is 11.3 Å². The van der Waals surface area contributed by atoms with Gasteiger partial charge < -0.3 is 10.6 Å². The number of aryl methyl sites for hydroxylation is 2. The molecule has 0 saturated carbocycles. The van der Waals surface area contributed by atoms with Gasteiger partial charge in [-0.05, 0) is 51.8 Å². The Morgan fingerprint density at radius 3 is 2.87 bits per heavy atom. The number of aromatic amines is 1. The van der Waals surface area contributed by atoms with E-state index in [0.29, 0.717) is 12.5 Å². The van der Waals surface area contributed by atoms with Gasteiger partial charge in [-0.3, -0.25) is 9.89 Å². The van der Waals surface area contributed by atoms with Crippen LogP contribution in [0.1, 0.15) is 44.6 Å². The van der Waals surface area contributed by atoms with Crippen LogP contribution in [0.25, 0.3) is 0 Å². The summed E-state index contributed by atoms with van der Waals surface area (Å²) in [7, 11) is 0. The van der Waals surface area contributed by atoms with Crippen molar-refractivity contribution in [2.75, 3.05) is 13.1 Å². The van der Waals surface area contributed by atoms with E-state index in [1.807, 2.05) is 19.9 Å². The second-order valence-corrected chi connectivity index (χ2v) is 7.23. The molecule has 0 aliphatic carbocycles. The molecule has 3 N–H and O–H groups in total. The Hall–Kier alpha value is -1.73. The average molecular weight is 333 g/mol. The summed E-state index contributed by atoms with van der Waals surface area (Å²) in [4.78, 5) is 17.7. The minimum atomic E-state index is -0.0581. The van der Waals surface area contributed by atoms with Crippen molar-refractivity contribution in [2.45, 2.75) is 39.7 Å². The molecule has 1 aliphatic rings. The summed E-state index contributed by atoms with van der Waals surface area (Å²) in [5.74, 6) is 0.627. The molecule has 0 bridgehead atoms. The number of rotatable bonds is 5. The number of piperidine rings is 1. The van der Waals surface area contributed by atoms with Crippen LogP contribution in [-0.4, -0.2) is 34.2 Å². The number of H-pyrrole nitrogens is 1. The normalized spacial score (nSPS) is 15.7. The molecule has 1 amide bonds. The smallest absolute Gasteiger partial charge is 0.263 e. The van der Waals surface area contributed by atoms with E-state index in [9.17, 15) is 4.79 Å². The van der Waals surface area contributed by atoms with Crippen LogP contribution in [0.2, 0.25) is 0 Å². The van der Waals surface area contributed by atoms with Gasteiger partial charge in [-0.25, -0.2) is 4.98 Å². The first-order valence-electron chi connectivity index (χ1n) is 8.08. The van der Waals surface area contributed by atoms with Crippen molar-refractivity contribution >= 4 is 17.2 Å². The van der Waals surface area contributed by atoms with Gasteiger partial charge in [0.15, 0.2) is 0 Å². The van der Waals surface area contributed by atoms with Crippen molar-refractivity contribution < 1.29 is 4.79 Å². The lowest BCUT2D eigenvalue weighted by Crippen LogP contribution is -2.28. The zero-order valence-corrected chi connectivity index (χ0v) is 14.4. The molecule has 124 valence electrons. The lowest BCUT2D eigenvalue weighted by molar-refractivity contribution is 0.0953. The van der Waals surface area contributed by atoms with Crippen LogP contribution in [0, 0.1) is 19.8 Å². The molecule has 0 spiro atoms. The Labute approximate surface area is 140 Å². The molecule has 0 aromatic carbocycles. The zero-order chi connectivity index (χ0) is 16.2. The molecule has 2 aromatic rings. The summed E-state index contributed by atoms with van der Waals surface area (Å²) >= 11 is 1.53. The van der Waals surface area contributed by atoms with Crippen molar-refractivity contribution in [1.29, 1.82) is 0 Å². The molecule has 3 rings (SSSR count).